The van der Waals surface area contributed by atoms with Gasteiger partial charge in [-0.15, -0.1) is 0 Å². The minimum atomic E-state index is -0.382. The molecule has 138 valence electrons. The summed E-state index contributed by atoms with van der Waals surface area (Å²) in [7, 11) is 0. The molecule has 2 saturated heterocycles. The average Bonchev–Trinajstić information content (AvgIpc) is 3.03. The molecule has 2 aliphatic rings. The van der Waals surface area contributed by atoms with E-state index in [4.69, 9.17) is 0 Å². The molecule has 3 amide bonds. The molecule has 0 aromatic heterocycles. The van der Waals surface area contributed by atoms with Crippen LogP contribution in [0.15, 0.2) is 24.3 Å². The van der Waals surface area contributed by atoms with Gasteiger partial charge in [-0.3, -0.25) is 19.2 Å². The molecule has 2 heterocycles. The second-order valence-corrected chi connectivity index (χ2v) is 6.84. The van der Waals surface area contributed by atoms with Crippen LogP contribution in [-0.2, 0) is 14.4 Å². The van der Waals surface area contributed by atoms with Gasteiger partial charge in [-0.25, -0.2) is 0 Å². The first-order valence-corrected chi connectivity index (χ1v) is 8.82. The van der Waals surface area contributed by atoms with E-state index in [1.54, 1.807) is 39.0 Å². The fraction of sp³-hybridized carbons (Fsp3) is 0.474. The fourth-order valence-corrected chi connectivity index (χ4v) is 3.52. The van der Waals surface area contributed by atoms with Gasteiger partial charge in [0.05, 0.1) is 5.92 Å². The van der Waals surface area contributed by atoms with Gasteiger partial charge in [-0.2, -0.15) is 0 Å². The molecule has 3 rings (SSSR count). The third-order valence-electron chi connectivity index (χ3n) is 5.08. The highest BCUT2D eigenvalue weighted by molar-refractivity contribution is 6.02. The summed E-state index contributed by atoms with van der Waals surface area (Å²) in [5.41, 5.74) is 1.20. The Balaban J connectivity index is 1.66. The zero-order chi connectivity index (χ0) is 18.8. The predicted molar refractivity (Wildman–Crippen MR) is 95.7 cm³/mol. The summed E-state index contributed by atoms with van der Waals surface area (Å²) < 4.78 is 0. The average molecular weight is 357 g/mol. The highest BCUT2D eigenvalue weighted by Crippen LogP contribution is 2.27. The van der Waals surface area contributed by atoms with Gasteiger partial charge in [0.15, 0.2) is 5.78 Å². The second kappa shape index (κ2) is 7.27. The summed E-state index contributed by atoms with van der Waals surface area (Å²) in [5, 5.41) is 0. The van der Waals surface area contributed by atoms with Crippen molar-refractivity contribution in [2.75, 3.05) is 37.6 Å². The van der Waals surface area contributed by atoms with Crippen molar-refractivity contribution in [3.05, 3.63) is 29.8 Å². The predicted octanol–water partition coefficient (Wildman–Crippen LogP) is 0.933. The minimum Gasteiger partial charge on any atom is -0.339 e. The van der Waals surface area contributed by atoms with E-state index >= 15 is 0 Å². The number of hydrogen-bond acceptors (Lipinski definition) is 4. The third kappa shape index (κ3) is 3.61. The van der Waals surface area contributed by atoms with E-state index in [2.05, 4.69) is 0 Å². The molecule has 1 aromatic rings. The van der Waals surface area contributed by atoms with Crippen molar-refractivity contribution >= 4 is 29.2 Å². The molecule has 0 saturated carbocycles. The zero-order valence-electron chi connectivity index (χ0n) is 15.1. The van der Waals surface area contributed by atoms with E-state index < -0.39 is 0 Å². The van der Waals surface area contributed by atoms with E-state index in [1.165, 1.54) is 13.8 Å². The standard InChI is InChI=1S/C19H23N3O4/c1-13(23)15-4-3-5-17(10-15)22-12-16(11-18(22)25)19(26)21-8-6-20(7-9-21)14(2)24/h3-5,10,16H,6-9,11-12H2,1-2H3. The van der Waals surface area contributed by atoms with E-state index in [9.17, 15) is 19.2 Å². The van der Waals surface area contributed by atoms with Crippen LogP contribution in [0.3, 0.4) is 0 Å². The van der Waals surface area contributed by atoms with Crippen molar-refractivity contribution in [3.63, 3.8) is 0 Å². The van der Waals surface area contributed by atoms with Gasteiger partial charge in [-0.1, -0.05) is 12.1 Å². The molecule has 0 radical (unpaired) electrons. The van der Waals surface area contributed by atoms with Gasteiger partial charge >= 0.3 is 0 Å². The van der Waals surface area contributed by atoms with Crippen molar-refractivity contribution in [1.29, 1.82) is 0 Å². The minimum absolute atomic E-state index is 0.0182. The molecule has 0 N–H and O–H groups in total. The highest BCUT2D eigenvalue weighted by Gasteiger charge is 2.38. The van der Waals surface area contributed by atoms with Crippen LogP contribution >= 0.6 is 0 Å². The van der Waals surface area contributed by atoms with Gasteiger partial charge in [0.1, 0.15) is 0 Å². The number of carbonyl (C=O) groups excluding carboxylic acids is 4. The maximum absolute atomic E-state index is 12.8. The molecule has 1 unspecified atom stereocenters. The lowest BCUT2D eigenvalue weighted by atomic mass is 10.1. The van der Waals surface area contributed by atoms with Crippen molar-refractivity contribution in [2.45, 2.75) is 20.3 Å². The van der Waals surface area contributed by atoms with Crippen LogP contribution in [0.4, 0.5) is 5.69 Å². The Bertz CT molecular complexity index is 753. The Morgan fingerprint density at radius 3 is 2.27 bits per heavy atom. The van der Waals surface area contributed by atoms with Crippen LogP contribution in [0.25, 0.3) is 0 Å². The number of rotatable bonds is 3. The molecule has 1 atom stereocenters. The molecule has 2 aliphatic heterocycles. The number of ketones is 1. The van der Waals surface area contributed by atoms with Gasteiger partial charge in [0, 0.05) is 57.3 Å². The SMILES string of the molecule is CC(=O)c1cccc(N2CC(C(=O)N3CCN(C(C)=O)CC3)CC2=O)c1. The van der Waals surface area contributed by atoms with Gasteiger partial charge < -0.3 is 14.7 Å². The molecule has 0 bridgehead atoms. The Morgan fingerprint density at radius 1 is 1.00 bits per heavy atom. The molecular formula is C19H23N3O4. The summed E-state index contributed by atoms with van der Waals surface area (Å²) in [4.78, 5) is 53.2. The number of Topliss-reactive ketones (excluding diaryl/α,β-unsaturated/α-hetero) is 1. The normalized spacial score (nSPS) is 20.5. The maximum Gasteiger partial charge on any atom is 0.228 e. The van der Waals surface area contributed by atoms with E-state index in [1.807, 2.05) is 0 Å². The Labute approximate surface area is 152 Å². The van der Waals surface area contributed by atoms with Crippen molar-refractivity contribution in [3.8, 4) is 0 Å². The van der Waals surface area contributed by atoms with Crippen LogP contribution in [-0.4, -0.2) is 66.0 Å². The molecule has 0 aliphatic carbocycles. The molecule has 26 heavy (non-hydrogen) atoms. The summed E-state index contributed by atoms with van der Waals surface area (Å²) in [6, 6.07) is 6.93. The number of amides is 3. The summed E-state index contributed by atoms with van der Waals surface area (Å²) in [6.45, 7) is 5.41. The van der Waals surface area contributed by atoms with Gasteiger partial charge in [0.2, 0.25) is 17.7 Å². The van der Waals surface area contributed by atoms with E-state index in [-0.39, 0.29) is 35.8 Å². The monoisotopic (exact) mass is 357 g/mol. The van der Waals surface area contributed by atoms with Gasteiger partial charge in [-0.05, 0) is 19.1 Å². The topological polar surface area (TPSA) is 78.0 Å². The maximum atomic E-state index is 12.8. The Morgan fingerprint density at radius 2 is 1.65 bits per heavy atom. The molecule has 2 fully saturated rings. The van der Waals surface area contributed by atoms with Crippen LogP contribution in [0.5, 0.6) is 0 Å². The second-order valence-electron chi connectivity index (χ2n) is 6.84. The summed E-state index contributed by atoms with van der Waals surface area (Å²) >= 11 is 0. The number of hydrogen-bond donors (Lipinski definition) is 0. The lowest BCUT2D eigenvalue weighted by molar-refractivity contribution is -0.141. The Hall–Kier alpha value is -2.70. The molecule has 7 heteroatoms. The molecule has 1 aromatic carbocycles. The van der Waals surface area contributed by atoms with Gasteiger partial charge in [0.25, 0.3) is 0 Å². The third-order valence-corrected chi connectivity index (χ3v) is 5.08. The summed E-state index contributed by atoms with van der Waals surface area (Å²) in [6.07, 6.45) is 0.177. The highest BCUT2D eigenvalue weighted by atomic mass is 16.2. The first-order valence-electron chi connectivity index (χ1n) is 8.82. The fourth-order valence-electron chi connectivity index (χ4n) is 3.52. The van der Waals surface area contributed by atoms with Crippen molar-refractivity contribution in [2.24, 2.45) is 5.92 Å². The van der Waals surface area contributed by atoms with Crippen molar-refractivity contribution < 1.29 is 19.2 Å². The lowest BCUT2D eigenvalue weighted by Crippen LogP contribution is -2.51. The van der Waals surface area contributed by atoms with Crippen LogP contribution < -0.4 is 4.90 Å². The Kier molecular flexibility index (Phi) is 5.06. The smallest absolute Gasteiger partial charge is 0.228 e. The van der Waals surface area contributed by atoms with E-state index in [0.717, 1.165) is 0 Å². The number of carbonyl (C=O) groups is 4. The largest absolute Gasteiger partial charge is 0.339 e. The first-order chi connectivity index (χ1) is 12.4. The van der Waals surface area contributed by atoms with Crippen LogP contribution in [0.1, 0.15) is 30.6 Å². The molecule has 0 spiro atoms. The molecule has 7 nitrogen and oxygen atoms in total. The number of benzene rings is 1. The van der Waals surface area contributed by atoms with Crippen LogP contribution in [0, 0.1) is 5.92 Å². The van der Waals surface area contributed by atoms with Crippen molar-refractivity contribution in [1.82, 2.24) is 9.80 Å². The summed E-state index contributed by atoms with van der Waals surface area (Å²) in [5.74, 6) is -0.565. The lowest BCUT2D eigenvalue weighted by Gasteiger charge is -2.35. The quantitative estimate of drug-likeness (QED) is 0.754. The van der Waals surface area contributed by atoms with E-state index in [0.29, 0.717) is 44.0 Å². The first kappa shape index (κ1) is 18.1. The van der Waals surface area contributed by atoms with Crippen LogP contribution in [0.2, 0.25) is 0 Å². The zero-order valence-corrected chi connectivity index (χ0v) is 15.1. The number of anilines is 1. The number of nitrogens with zero attached hydrogens (tertiary/aromatic N) is 3. The molecular weight excluding hydrogens is 334 g/mol. The number of piperazine rings is 1.